The molecular formula is C37H44O12S4. The number of carbonyl (C=O) groups excluding carboxylic acids is 4. The van der Waals surface area contributed by atoms with E-state index in [1.165, 1.54) is 47.0 Å². The highest BCUT2D eigenvalue weighted by atomic mass is 32.2. The maximum Gasteiger partial charge on any atom is 0.306 e. The highest BCUT2D eigenvalue weighted by Crippen LogP contribution is 2.24. The van der Waals surface area contributed by atoms with Crippen LogP contribution in [-0.2, 0) is 61.1 Å². The first-order chi connectivity index (χ1) is 25.9. The highest BCUT2D eigenvalue weighted by Gasteiger charge is 2.38. The molecule has 0 fully saturated rings. The number of hydrogen-bond donors (Lipinski definition) is 0. The van der Waals surface area contributed by atoms with E-state index in [1.807, 2.05) is 24.3 Å². The van der Waals surface area contributed by atoms with E-state index in [1.54, 1.807) is 49.3 Å². The molecule has 0 unspecified atom stereocenters. The van der Waals surface area contributed by atoms with Gasteiger partial charge in [-0.05, 0) is 48.5 Å². The van der Waals surface area contributed by atoms with Crippen LogP contribution in [0.3, 0.4) is 0 Å². The van der Waals surface area contributed by atoms with E-state index in [-0.39, 0.29) is 52.1 Å². The quantitative estimate of drug-likeness (QED) is 0.0310. The van der Waals surface area contributed by atoms with Crippen LogP contribution >= 0.6 is 47.0 Å². The molecule has 0 amide bonds. The molecule has 16 heteroatoms. The largest absolute Gasteiger partial charge is 0.468 e. The molecule has 4 aromatic heterocycles. The Morgan fingerprint density at radius 2 is 0.679 bits per heavy atom. The average Bonchev–Trinajstić information content (AvgIpc) is 4.01. The van der Waals surface area contributed by atoms with Crippen LogP contribution in [0.5, 0.6) is 0 Å². The zero-order chi connectivity index (χ0) is 37.4. The van der Waals surface area contributed by atoms with Gasteiger partial charge in [0.2, 0.25) is 0 Å². The minimum atomic E-state index is -1.35. The fraction of sp³-hybridized carbons (Fsp3) is 0.459. The number of esters is 4. The van der Waals surface area contributed by atoms with Crippen molar-refractivity contribution >= 4 is 70.9 Å². The number of rotatable bonds is 28. The van der Waals surface area contributed by atoms with Crippen LogP contribution < -0.4 is 0 Å². The molecule has 0 aliphatic carbocycles. The predicted octanol–water partition coefficient (Wildman–Crippen LogP) is 7.81. The molecule has 0 spiro atoms. The fourth-order valence-electron chi connectivity index (χ4n) is 4.36. The second kappa shape index (κ2) is 24.7. The first-order valence-corrected chi connectivity index (χ1v) is 21.5. The Morgan fingerprint density at radius 3 is 0.887 bits per heavy atom. The summed E-state index contributed by atoms with van der Waals surface area (Å²) in [7, 11) is 0. The Hall–Kier alpha value is -3.60. The Kier molecular flexibility index (Phi) is 19.6. The van der Waals surface area contributed by atoms with E-state index < -0.39 is 29.3 Å². The van der Waals surface area contributed by atoms with Gasteiger partial charge in [0.25, 0.3) is 0 Å². The summed E-state index contributed by atoms with van der Waals surface area (Å²) in [4.78, 5) is 51.5. The summed E-state index contributed by atoms with van der Waals surface area (Å²) in [6.45, 7) is -1.24. The lowest BCUT2D eigenvalue weighted by Gasteiger charge is -2.31. The smallest absolute Gasteiger partial charge is 0.306 e. The molecule has 0 aromatic carbocycles. The number of hydrogen-bond acceptors (Lipinski definition) is 16. The van der Waals surface area contributed by atoms with Gasteiger partial charge in [-0.3, -0.25) is 19.2 Å². The number of furan rings is 4. The molecule has 53 heavy (non-hydrogen) atoms. The van der Waals surface area contributed by atoms with E-state index in [2.05, 4.69) is 0 Å². The van der Waals surface area contributed by atoms with Crippen molar-refractivity contribution in [1.29, 1.82) is 0 Å². The third-order valence-electron chi connectivity index (χ3n) is 7.26. The second-order valence-corrected chi connectivity index (χ2v) is 16.1. The van der Waals surface area contributed by atoms with Crippen LogP contribution in [-0.4, -0.2) is 73.3 Å². The summed E-state index contributed by atoms with van der Waals surface area (Å²) in [5.41, 5.74) is -1.35. The minimum Gasteiger partial charge on any atom is -0.468 e. The molecular weight excluding hydrogens is 765 g/mol. The molecule has 12 nitrogen and oxygen atoms in total. The molecule has 0 aliphatic heterocycles. The summed E-state index contributed by atoms with van der Waals surface area (Å²) >= 11 is 6.06. The minimum absolute atomic E-state index is 0.105. The van der Waals surface area contributed by atoms with Gasteiger partial charge >= 0.3 is 23.9 Å². The first kappa shape index (κ1) is 42.1. The number of thioether (sulfide) groups is 4. The molecule has 0 bridgehead atoms. The topological polar surface area (TPSA) is 158 Å². The van der Waals surface area contributed by atoms with Crippen molar-refractivity contribution in [1.82, 2.24) is 0 Å². The van der Waals surface area contributed by atoms with Gasteiger partial charge in [-0.25, -0.2) is 0 Å². The van der Waals surface area contributed by atoms with Crippen LogP contribution in [0.15, 0.2) is 91.3 Å². The molecule has 4 rings (SSSR count). The van der Waals surface area contributed by atoms with Crippen molar-refractivity contribution in [3.05, 3.63) is 96.6 Å². The molecule has 0 saturated carbocycles. The van der Waals surface area contributed by atoms with Crippen molar-refractivity contribution in [3.8, 4) is 0 Å². The van der Waals surface area contributed by atoms with Gasteiger partial charge in [-0.15, -0.1) is 0 Å². The normalized spacial score (nSPS) is 11.3. The molecule has 0 aliphatic rings. The lowest BCUT2D eigenvalue weighted by Crippen LogP contribution is -2.44. The lowest BCUT2D eigenvalue weighted by atomic mass is 9.92. The van der Waals surface area contributed by atoms with Crippen molar-refractivity contribution < 1.29 is 55.8 Å². The predicted molar refractivity (Wildman–Crippen MR) is 204 cm³/mol. The maximum absolute atomic E-state index is 12.9. The Balaban J connectivity index is 1.34. The second-order valence-electron chi connectivity index (χ2n) is 11.7. The SMILES string of the molecule is O=C(CCSCc1ccco1)OCC(COC(=O)CCSCc1ccco1)(COC(=O)CCSCc1ccco1)COC(=O)CCSCc1ccco1. The van der Waals surface area contributed by atoms with Gasteiger partial charge in [0.15, 0.2) is 0 Å². The maximum atomic E-state index is 12.9. The van der Waals surface area contributed by atoms with Crippen molar-refractivity contribution in [2.75, 3.05) is 49.4 Å². The molecule has 4 heterocycles. The van der Waals surface area contributed by atoms with E-state index >= 15 is 0 Å². The summed E-state index contributed by atoms with van der Waals surface area (Å²) in [6, 6.07) is 14.6. The zero-order valence-electron chi connectivity index (χ0n) is 29.3. The molecule has 0 radical (unpaired) electrons. The van der Waals surface area contributed by atoms with Crippen LogP contribution in [0.1, 0.15) is 48.7 Å². The van der Waals surface area contributed by atoms with E-state index in [9.17, 15) is 19.2 Å². The first-order valence-electron chi connectivity index (χ1n) is 16.9. The number of ether oxygens (including phenoxy) is 4. The van der Waals surface area contributed by atoms with Crippen LogP contribution in [0.2, 0.25) is 0 Å². The average molecular weight is 809 g/mol. The van der Waals surface area contributed by atoms with Crippen molar-refractivity contribution in [3.63, 3.8) is 0 Å². The van der Waals surface area contributed by atoms with Gasteiger partial charge in [0.05, 0.1) is 73.7 Å². The van der Waals surface area contributed by atoms with Gasteiger partial charge < -0.3 is 36.6 Å². The Bertz CT molecular complexity index is 1330. The van der Waals surface area contributed by atoms with Gasteiger partial charge in [-0.2, -0.15) is 47.0 Å². The summed E-state index contributed by atoms with van der Waals surface area (Å²) in [6.07, 6.45) is 6.79. The summed E-state index contributed by atoms with van der Waals surface area (Å²) < 4.78 is 44.0. The van der Waals surface area contributed by atoms with Crippen LogP contribution in [0.4, 0.5) is 0 Å². The molecule has 0 N–H and O–H groups in total. The van der Waals surface area contributed by atoms with Crippen molar-refractivity contribution in [2.24, 2.45) is 5.41 Å². The Labute approximate surface area is 325 Å². The fourth-order valence-corrected chi connectivity index (χ4v) is 7.65. The van der Waals surface area contributed by atoms with Crippen molar-refractivity contribution in [2.45, 2.75) is 48.7 Å². The third-order valence-corrected chi connectivity index (χ3v) is 11.2. The van der Waals surface area contributed by atoms with Gasteiger partial charge in [-0.1, -0.05) is 0 Å². The summed E-state index contributed by atoms with van der Waals surface area (Å²) in [5.74, 6) is 5.53. The molecule has 4 aromatic rings. The van der Waals surface area contributed by atoms with Gasteiger partial charge in [0, 0.05) is 23.0 Å². The molecule has 288 valence electrons. The zero-order valence-corrected chi connectivity index (χ0v) is 32.5. The molecule has 0 saturated heterocycles. The van der Waals surface area contributed by atoms with Crippen LogP contribution in [0.25, 0.3) is 0 Å². The highest BCUT2D eigenvalue weighted by molar-refractivity contribution is 7.99. The standard InChI is InChI=1S/C37H44O12S4/c38-33(9-17-50-21-29-5-1-13-42-29)46-25-37(26-47-34(39)10-18-51-22-30-6-2-14-43-30,27-48-35(40)11-19-52-23-31-7-3-15-44-31)28-49-36(41)12-20-53-24-32-8-4-16-45-32/h1-8,13-16H,9-12,17-28H2. The lowest BCUT2D eigenvalue weighted by molar-refractivity contribution is -0.170. The third kappa shape index (κ3) is 17.9. The van der Waals surface area contributed by atoms with E-state index in [0.717, 1.165) is 23.0 Å². The number of carbonyl (C=O) groups is 4. The monoisotopic (exact) mass is 808 g/mol. The van der Waals surface area contributed by atoms with Crippen LogP contribution in [0, 0.1) is 5.41 Å². The summed E-state index contributed by atoms with van der Waals surface area (Å²) in [5, 5.41) is 0. The Morgan fingerprint density at radius 1 is 0.434 bits per heavy atom. The van der Waals surface area contributed by atoms with Gasteiger partial charge in [0.1, 0.15) is 54.9 Å². The van der Waals surface area contributed by atoms with E-state index in [0.29, 0.717) is 46.0 Å². The van der Waals surface area contributed by atoms with E-state index in [4.69, 9.17) is 36.6 Å². The molecule has 0 atom stereocenters.